The minimum Gasteiger partial charge on any atom is -0.373 e. The summed E-state index contributed by atoms with van der Waals surface area (Å²) in [5, 5.41) is 0.542. The van der Waals surface area contributed by atoms with Crippen LogP contribution in [0.1, 0.15) is 39.3 Å². The quantitative estimate of drug-likeness (QED) is 0.472. The molecule has 1 aliphatic heterocycles. The molecule has 0 atom stereocenters. The zero-order valence-electron chi connectivity index (χ0n) is 17.6. The zero-order valence-corrected chi connectivity index (χ0v) is 18.4. The van der Waals surface area contributed by atoms with Gasteiger partial charge in [-0.15, -0.1) is 11.3 Å². The molecule has 1 saturated heterocycles. The van der Waals surface area contributed by atoms with Gasteiger partial charge in [-0.2, -0.15) is 13.2 Å². The summed E-state index contributed by atoms with van der Waals surface area (Å²) in [5.41, 5.74) is 1.58. The van der Waals surface area contributed by atoms with Gasteiger partial charge in [-0.25, -0.2) is 4.98 Å². The van der Waals surface area contributed by atoms with Crippen LogP contribution < -0.4 is 0 Å². The Morgan fingerprint density at radius 3 is 2.38 bits per heavy atom. The summed E-state index contributed by atoms with van der Waals surface area (Å²) in [4.78, 5) is 19.8. The number of ether oxygens (including phenoxy) is 1. The van der Waals surface area contributed by atoms with E-state index in [4.69, 9.17) is 4.74 Å². The van der Waals surface area contributed by atoms with E-state index in [0.29, 0.717) is 40.8 Å². The largest absolute Gasteiger partial charge is 0.416 e. The van der Waals surface area contributed by atoms with Crippen molar-refractivity contribution in [1.29, 1.82) is 0 Å². The van der Waals surface area contributed by atoms with Crippen LogP contribution in [0.25, 0.3) is 10.6 Å². The second kappa shape index (κ2) is 9.42. The van der Waals surface area contributed by atoms with Gasteiger partial charge in [0, 0.05) is 18.7 Å². The van der Waals surface area contributed by atoms with E-state index >= 15 is 0 Å². The number of nitrogens with zero attached hydrogens (tertiary/aromatic N) is 2. The van der Waals surface area contributed by atoms with E-state index in [1.54, 1.807) is 11.8 Å². The average Bonchev–Trinajstić information content (AvgIpc) is 3.19. The van der Waals surface area contributed by atoms with Gasteiger partial charge in [0.1, 0.15) is 9.88 Å². The van der Waals surface area contributed by atoms with Crippen LogP contribution >= 0.6 is 11.3 Å². The van der Waals surface area contributed by atoms with Gasteiger partial charge in [-0.3, -0.25) is 4.79 Å². The number of benzene rings is 2. The number of alkyl halides is 3. The molecule has 2 aromatic carbocycles. The van der Waals surface area contributed by atoms with Crippen LogP contribution in [0, 0.1) is 6.92 Å². The highest BCUT2D eigenvalue weighted by atomic mass is 32.1. The molecule has 3 aromatic rings. The van der Waals surface area contributed by atoms with Crippen molar-refractivity contribution in [2.75, 3.05) is 13.1 Å². The molecule has 1 aliphatic rings. The van der Waals surface area contributed by atoms with E-state index in [0.717, 1.165) is 30.5 Å². The average molecular weight is 461 g/mol. The number of carbonyl (C=O) groups is 1. The Balaban J connectivity index is 1.36. The van der Waals surface area contributed by atoms with Crippen molar-refractivity contribution >= 4 is 17.2 Å². The molecule has 1 amide bonds. The van der Waals surface area contributed by atoms with Crippen LogP contribution in [0.2, 0.25) is 0 Å². The fraction of sp³-hybridized carbons (Fsp3) is 0.333. The maximum Gasteiger partial charge on any atom is 0.416 e. The van der Waals surface area contributed by atoms with Gasteiger partial charge >= 0.3 is 6.18 Å². The van der Waals surface area contributed by atoms with E-state index in [9.17, 15) is 18.0 Å². The van der Waals surface area contributed by atoms with Gasteiger partial charge in [0.2, 0.25) is 0 Å². The highest BCUT2D eigenvalue weighted by Crippen LogP contribution is 2.33. The van der Waals surface area contributed by atoms with E-state index < -0.39 is 11.7 Å². The standard InChI is InChI=1S/C24H23F3N2O2S/c1-16-21(32-22(28-16)18-7-9-19(10-8-18)24(25,26)27)23(30)29-13-11-20(12-14-29)31-15-17-5-3-2-4-6-17/h2-10,20H,11-15H2,1H3. The molecule has 1 fully saturated rings. The van der Waals surface area contributed by atoms with Gasteiger partial charge < -0.3 is 9.64 Å². The van der Waals surface area contributed by atoms with Gasteiger partial charge in [0.15, 0.2) is 0 Å². The van der Waals surface area contributed by atoms with Crippen LogP contribution in [0.5, 0.6) is 0 Å². The summed E-state index contributed by atoms with van der Waals surface area (Å²) < 4.78 is 44.4. The highest BCUT2D eigenvalue weighted by Gasteiger charge is 2.30. The van der Waals surface area contributed by atoms with Gasteiger partial charge in [-0.1, -0.05) is 42.5 Å². The Bertz CT molecular complexity index is 1060. The van der Waals surface area contributed by atoms with Crippen molar-refractivity contribution < 1.29 is 22.7 Å². The molecule has 0 saturated carbocycles. The van der Waals surface area contributed by atoms with E-state index in [1.165, 1.54) is 23.5 Å². The topological polar surface area (TPSA) is 42.4 Å². The Hall–Kier alpha value is -2.71. The smallest absolute Gasteiger partial charge is 0.373 e. The number of amides is 1. The number of rotatable bonds is 5. The number of aromatic nitrogens is 1. The van der Waals surface area contributed by atoms with Crippen LogP contribution in [0.3, 0.4) is 0 Å². The number of likely N-dealkylation sites (tertiary alicyclic amines) is 1. The third-order valence-electron chi connectivity index (χ3n) is 5.51. The predicted octanol–water partition coefficient (Wildman–Crippen LogP) is 5.96. The molecule has 32 heavy (non-hydrogen) atoms. The summed E-state index contributed by atoms with van der Waals surface area (Å²) in [5.74, 6) is -0.0836. The first kappa shape index (κ1) is 22.5. The molecule has 0 unspecified atom stereocenters. The number of hydrogen-bond donors (Lipinski definition) is 0. The molecular weight excluding hydrogens is 437 g/mol. The van der Waals surface area contributed by atoms with Gasteiger partial charge in [0.05, 0.1) is 24.0 Å². The lowest BCUT2D eigenvalue weighted by Gasteiger charge is -2.31. The molecule has 4 nitrogen and oxygen atoms in total. The molecule has 0 bridgehead atoms. The fourth-order valence-electron chi connectivity index (χ4n) is 3.68. The van der Waals surface area contributed by atoms with Crippen molar-refractivity contribution in [3.8, 4) is 10.6 Å². The normalized spacial score (nSPS) is 15.2. The Labute approximate surface area is 188 Å². The second-order valence-electron chi connectivity index (χ2n) is 7.80. The lowest BCUT2D eigenvalue weighted by Crippen LogP contribution is -2.40. The lowest BCUT2D eigenvalue weighted by molar-refractivity contribution is -0.137. The fourth-order valence-corrected chi connectivity index (χ4v) is 4.72. The van der Waals surface area contributed by atoms with E-state index in [1.807, 2.05) is 30.3 Å². The number of piperidine rings is 1. The van der Waals surface area contributed by atoms with Crippen LogP contribution in [-0.2, 0) is 17.5 Å². The number of halogens is 3. The summed E-state index contributed by atoms with van der Waals surface area (Å²) in [7, 11) is 0. The summed E-state index contributed by atoms with van der Waals surface area (Å²) in [6, 6.07) is 14.8. The van der Waals surface area contributed by atoms with Crippen molar-refractivity contribution in [3.63, 3.8) is 0 Å². The minimum atomic E-state index is -4.38. The summed E-state index contributed by atoms with van der Waals surface area (Å²) in [6.45, 7) is 3.52. The third-order valence-corrected chi connectivity index (χ3v) is 6.70. The summed E-state index contributed by atoms with van der Waals surface area (Å²) >= 11 is 1.22. The Morgan fingerprint density at radius 2 is 1.75 bits per heavy atom. The molecule has 0 radical (unpaired) electrons. The van der Waals surface area contributed by atoms with Gasteiger partial charge in [0.25, 0.3) is 5.91 Å². The molecule has 8 heteroatoms. The minimum absolute atomic E-state index is 0.0836. The first-order chi connectivity index (χ1) is 15.3. The molecule has 0 aliphatic carbocycles. The monoisotopic (exact) mass is 460 g/mol. The maximum atomic E-state index is 13.0. The Morgan fingerprint density at radius 1 is 1.09 bits per heavy atom. The molecule has 2 heterocycles. The zero-order chi connectivity index (χ0) is 22.7. The second-order valence-corrected chi connectivity index (χ2v) is 8.80. The summed E-state index contributed by atoms with van der Waals surface area (Å²) in [6.07, 6.45) is -2.73. The predicted molar refractivity (Wildman–Crippen MR) is 117 cm³/mol. The third kappa shape index (κ3) is 5.19. The van der Waals surface area contributed by atoms with Crippen molar-refractivity contribution in [1.82, 2.24) is 9.88 Å². The SMILES string of the molecule is Cc1nc(-c2ccc(C(F)(F)F)cc2)sc1C(=O)N1CCC(OCc2ccccc2)CC1. The molecule has 168 valence electrons. The van der Waals surface area contributed by atoms with Crippen molar-refractivity contribution in [2.24, 2.45) is 0 Å². The van der Waals surface area contributed by atoms with Crippen molar-refractivity contribution in [2.45, 2.75) is 38.7 Å². The van der Waals surface area contributed by atoms with Crippen LogP contribution in [0.15, 0.2) is 54.6 Å². The highest BCUT2D eigenvalue weighted by molar-refractivity contribution is 7.17. The van der Waals surface area contributed by atoms with E-state index in [2.05, 4.69) is 4.98 Å². The maximum absolute atomic E-state index is 13.0. The lowest BCUT2D eigenvalue weighted by atomic mass is 10.1. The van der Waals surface area contributed by atoms with Crippen molar-refractivity contribution in [3.05, 3.63) is 76.3 Å². The molecule has 0 spiro atoms. The molecular formula is C24H23F3N2O2S. The molecule has 1 aromatic heterocycles. The van der Waals surface area contributed by atoms with Crippen LogP contribution in [-0.4, -0.2) is 35.0 Å². The first-order valence-electron chi connectivity index (χ1n) is 10.4. The number of hydrogen-bond acceptors (Lipinski definition) is 4. The molecule has 4 rings (SSSR count). The Kier molecular flexibility index (Phi) is 6.62. The molecule has 0 N–H and O–H groups in total. The van der Waals surface area contributed by atoms with Crippen LogP contribution in [0.4, 0.5) is 13.2 Å². The number of carbonyl (C=O) groups excluding carboxylic acids is 1. The first-order valence-corrected chi connectivity index (χ1v) is 11.2. The number of thiazole rings is 1. The van der Waals surface area contributed by atoms with E-state index in [-0.39, 0.29) is 12.0 Å². The van der Waals surface area contributed by atoms with Gasteiger partial charge in [-0.05, 0) is 37.5 Å². The number of aryl methyl sites for hydroxylation is 1.